The Morgan fingerprint density at radius 2 is 1.69 bits per heavy atom. The van der Waals surface area contributed by atoms with Crippen LogP contribution >= 0.6 is 34.8 Å². The van der Waals surface area contributed by atoms with Crippen LogP contribution in [0.15, 0.2) is 36.4 Å². The molecule has 2 aromatic rings. The molecule has 174 valence electrons. The van der Waals surface area contributed by atoms with E-state index in [0.717, 1.165) is 11.1 Å². The molecule has 2 amide bonds. The highest BCUT2D eigenvalue weighted by atomic mass is 35.5. The van der Waals surface area contributed by atoms with E-state index >= 15 is 0 Å². The average molecular weight is 500 g/mol. The zero-order valence-electron chi connectivity index (χ0n) is 19.0. The largest absolute Gasteiger partial charge is 0.484 e. The van der Waals surface area contributed by atoms with Crippen molar-refractivity contribution in [1.82, 2.24) is 10.2 Å². The topological polar surface area (TPSA) is 58.6 Å². The predicted octanol–water partition coefficient (Wildman–Crippen LogP) is 6.06. The van der Waals surface area contributed by atoms with Crippen LogP contribution in [0.3, 0.4) is 0 Å². The van der Waals surface area contributed by atoms with Crippen molar-refractivity contribution in [2.75, 3.05) is 6.61 Å². The van der Waals surface area contributed by atoms with Crippen molar-refractivity contribution in [1.29, 1.82) is 0 Å². The van der Waals surface area contributed by atoms with Gasteiger partial charge in [0, 0.05) is 17.1 Å². The molecule has 1 unspecified atom stereocenters. The van der Waals surface area contributed by atoms with Gasteiger partial charge in [0.25, 0.3) is 5.91 Å². The highest BCUT2D eigenvalue weighted by Crippen LogP contribution is 2.25. The van der Waals surface area contributed by atoms with E-state index in [1.807, 2.05) is 34.6 Å². The molecule has 0 aliphatic rings. The van der Waals surface area contributed by atoms with Crippen LogP contribution in [-0.4, -0.2) is 34.9 Å². The summed E-state index contributed by atoms with van der Waals surface area (Å²) in [6.45, 7) is 9.39. The van der Waals surface area contributed by atoms with Crippen LogP contribution in [0.4, 0.5) is 0 Å². The molecule has 0 radical (unpaired) electrons. The molecule has 2 rings (SSSR count). The van der Waals surface area contributed by atoms with Gasteiger partial charge in [0.2, 0.25) is 5.91 Å². The standard InChI is InChI=1S/C24H29Cl3N2O3/c1-6-21(23(31)28-24(3,4)5)29(13-16-7-9-19(26)20(27)12-16)22(30)14-32-17-8-10-18(25)15(2)11-17/h7-12,21H,6,13-14H2,1-5H3,(H,28,31). The van der Waals surface area contributed by atoms with Gasteiger partial charge in [-0.15, -0.1) is 0 Å². The molecule has 5 nitrogen and oxygen atoms in total. The van der Waals surface area contributed by atoms with Crippen LogP contribution in [0.25, 0.3) is 0 Å². The third-order valence-electron chi connectivity index (χ3n) is 4.71. The van der Waals surface area contributed by atoms with Crippen molar-refractivity contribution >= 4 is 46.6 Å². The highest BCUT2D eigenvalue weighted by molar-refractivity contribution is 6.42. The molecule has 0 fully saturated rings. The van der Waals surface area contributed by atoms with E-state index in [1.54, 1.807) is 36.4 Å². The smallest absolute Gasteiger partial charge is 0.261 e. The minimum Gasteiger partial charge on any atom is -0.484 e. The minimum absolute atomic E-state index is 0.189. The summed E-state index contributed by atoms with van der Waals surface area (Å²) >= 11 is 18.2. The Morgan fingerprint density at radius 3 is 2.25 bits per heavy atom. The van der Waals surface area contributed by atoms with Gasteiger partial charge >= 0.3 is 0 Å². The van der Waals surface area contributed by atoms with Gasteiger partial charge in [-0.1, -0.05) is 47.8 Å². The van der Waals surface area contributed by atoms with E-state index in [-0.39, 0.29) is 25.0 Å². The minimum atomic E-state index is -0.674. The van der Waals surface area contributed by atoms with Crippen molar-refractivity contribution < 1.29 is 14.3 Å². The molecule has 32 heavy (non-hydrogen) atoms. The Kier molecular flexibility index (Phi) is 9.26. The quantitative estimate of drug-likeness (QED) is 0.480. The molecule has 0 saturated heterocycles. The number of nitrogens with zero attached hydrogens (tertiary/aromatic N) is 1. The van der Waals surface area contributed by atoms with Crippen LogP contribution in [0.2, 0.25) is 15.1 Å². The lowest BCUT2D eigenvalue weighted by Gasteiger charge is -2.33. The summed E-state index contributed by atoms with van der Waals surface area (Å²) in [5.41, 5.74) is 1.18. The number of hydrogen-bond acceptors (Lipinski definition) is 3. The fourth-order valence-electron chi connectivity index (χ4n) is 3.14. The van der Waals surface area contributed by atoms with E-state index in [0.29, 0.717) is 27.2 Å². The Hall–Kier alpha value is -1.95. The Bertz CT molecular complexity index is 973. The molecule has 8 heteroatoms. The van der Waals surface area contributed by atoms with E-state index in [1.165, 1.54) is 4.90 Å². The lowest BCUT2D eigenvalue weighted by atomic mass is 10.1. The van der Waals surface area contributed by atoms with Gasteiger partial charge < -0.3 is 15.0 Å². The summed E-state index contributed by atoms with van der Waals surface area (Å²) in [5.74, 6) is -0.0164. The number of amides is 2. The monoisotopic (exact) mass is 498 g/mol. The molecule has 2 aromatic carbocycles. The van der Waals surface area contributed by atoms with E-state index in [2.05, 4.69) is 5.32 Å². The zero-order chi connectivity index (χ0) is 24.1. The number of benzene rings is 2. The van der Waals surface area contributed by atoms with Gasteiger partial charge in [0.05, 0.1) is 10.0 Å². The predicted molar refractivity (Wildman–Crippen MR) is 131 cm³/mol. The summed E-state index contributed by atoms with van der Waals surface area (Å²) in [6, 6.07) is 9.67. The molecule has 0 aliphatic carbocycles. The normalized spacial score (nSPS) is 12.2. The molecule has 1 N–H and O–H groups in total. The number of ether oxygens (including phenoxy) is 1. The van der Waals surface area contributed by atoms with Gasteiger partial charge in [-0.25, -0.2) is 0 Å². The summed E-state index contributed by atoms with van der Waals surface area (Å²) in [7, 11) is 0. The molecule has 0 heterocycles. The fraction of sp³-hybridized carbons (Fsp3) is 0.417. The van der Waals surface area contributed by atoms with Crippen molar-refractivity contribution in [3.05, 3.63) is 62.6 Å². The molecule has 1 atom stereocenters. The number of halogens is 3. The number of rotatable bonds is 8. The number of hydrogen-bond donors (Lipinski definition) is 1. The second-order valence-corrected chi connectivity index (χ2v) is 9.85. The van der Waals surface area contributed by atoms with E-state index in [4.69, 9.17) is 39.5 Å². The van der Waals surface area contributed by atoms with E-state index in [9.17, 15) is 9.59 Å². The van der Waals surface area contributed by atoms with Crippen LogP contribution in [0.5, 0.6) is 5.75 Å². The molecule has 0 saturated carbocycles. The third kappa shape index (κ3) is 7.58. The fourth-order valence-corrected chi connectivity index (χ4v) is 3.58. The van der Waals surface area contributed by atoms with Crippen molar-refractivity contribution in [2.45, 2.75) is 59.2 Å². The first-order valence-electron chi connectivity index (χ1n) is 10.4. The molecule has 0 aliphatic heterocycles. The molecule has 0 aromatic heterocycles. The first-order chi connectivity index (χ1) is 14.9. The zero-order valence-corrected chi connectivity index (χ0v) is 21.2. The van der Waals surface area contributed by atoms with Gasteiger partial charge in [-0.2, -0.15) is 0 Å². The number of nitrogens with one attached hydrogen (secondary N) is 1. The van der Waals surface area contributed by atoms with Crippen LogP contribution in [-0.2, 0) is 16.1 Å². The number of carbonyl (C=O) groups is 2. The third-order valence-corrected chi connectivity index (χ3v) is 5.88. The van der Waals surface area contributed by atoms with Crippen LogP contribution < -0.4 is 10.1 Å². The average Bonchev–Trinajstić information content (AvgIpc) is 2.69. The first kappa shape index (κ1) is 26.3. The Labute approximate surface area is 205 Å². The van der Waals surface area contributed by atoms with Gasteiger partial charge in [-0.05, 0) is 75.6 Å². The molecule has 0 spiro atoms. The SMILES string of the molecule is CCC(C(=O)NC(C)(C)C)N(Cc1ccc(Cl)c(Cl)c1)C(=O)COc1ccc(Cl)c(C)c1. The van der Waals surface area contributed by atoms with Gasteiger partial charge in [-0.3, -0.25) is 9.59 Å². The second kappa shape index (κ2) is 11.3. The molecular formula is C24H29Cl3N2O3. The maximum absolute atomic E-state index is 13.2. The lowest BCUT2D eigenvalue weighted by molar-refractivity contribution is -0.143. The van der Waals surface area contributed by atoms with Crippen molar-refractivity contribution in [3.63, 3.8) is 0 Å². The summed E-state index contributed by atoms with van der Waals surface area (Å²) in [4.78, 5) is 27.7. The second-order valence-electron chi connectivity index (χ2n) is 8.63. The molecular weight excluding hydrogens is 471 g/mol. The van der Waals surface area contributed by atoms with Crippen LogP contribution in [0.1, 0.15) is 45.2 Å². The van der Waals surface area contributed by atoms with E-state index < -0.39 is 11.6 Å². The summed E-state index contributed by atoms with van der Waals surface area (Å²) in [5, 5.41) is 4.39. The van der Waals surface area contributed by atoms with Crippen molar-refractivity contribution in [3.8, 4) is 5.75 Å². The first-order valence-corrected chi connectivity index (χ1v) is 11.5. The summed E-state index contributed by atoms with van der Waals surface area (Å²) in [6.07, 6.45) is 0.440. The summed E-state index contributed by atoms with van der Waals surface area (Å²) < 4.78 is 5.71. The van der Waals surface area contributed by atoms with Gasteiger partial charge in [0.15, 0.2) is 6.61 Å². The number of carbonyl (C=O) groups excluding carboxylic acids is 2. The number of aryl methyl sites for hydroxylation is 1. The lowest BCUT2D eigenvalue weighted by Crippen LogP contribution is -2.54. The molecule has 0 bridgehead atoms. The van der Waals surface area contributed by atoms with Gasteiger partial charge in [0.1, 0.15) is 11.8 Å². The maximum atomic E-state index is 13.2. The maximum Gasteiger partial charge on any atom is 0.261 e. The van der Waals surface area contributed by atoms with Crippen LogP contribution in [0, 0.1) is 6.92 Å². The highest BCUT2D eigenvalue weighted by Gasteiger charge is 2.31. The Morgan fingerprint density at radius 1 is 1.03 bits per heavy atom. The van der Waals surface area contributed by atoms with Crippen molar-refractivity contribution in [2.24, 2.45) is 0 Å². The Balaban J connectivity index is 2.27.